The number of benzene rings is 1. The lowest BCUT2D eigenvalue weighted by molar-refractivity contribution is -0.138. The third-order valence-electron chi connectivity index (χ3n) is 2.04. The van der Waals surface area contributed by atoms with Crippen molar-refractivity contribution in [2.24, 2.45) is 5.73 Å². The summed E-state index contributed by atoms with van der Waals surface area (Å²) < 4.78 is 5.37. The summed E-state index contributed by atoms with van der Waals surface area (Å²) in [5.74, 6) is -0.216. The van der Waals surface area contributed by atoms with E-state index in [0.29, 0.717) is 13.0 Å². The summed E-state index contributed by atoms with van der Waals surface area (Å²) >= 11 is 3.26. The minimum Gasteiger partial charge on any atom is -0.493 e. The van der Waals surface area contributed by atoms with Crippen LogP contribution in [-0.2, 0) is 11.2 Å². The molecular weight excluding hydrogens is 309 g/mol. The van der Waals surface area contributed by atoms with E-state index in [4.69, 9.17) is 15.6 Å². The number of nitrogens with two attached hydrogens (primary N) is 1. The predicted molar refractivity (Wildman–Crippen MR) is 72.3 cm³/mol. The molecule has 96 valence electrons. The highest BCUT2D eigenvalue weighted by Crippen LogP contribution is 2.13. The molecule has 1 aromatic rings. The lowest BCUT2D eigenvalue weighted by Crippen LogP contribution is -2.32. The lowest BCUT2D eigenvalue weighted by Gasteiger charge is -2.08. The molecule has 6 heteroatoms. The van der Waals surface area contributed by atoms with E-state index in [-0.39, 0.29) is 12.4 Å². The Balaban J connectivity index is 0.00000256. The van der Waals surface area contributed by atoms with Crippen molar-refractivity contribution in [3.05, 3.63) is 29.8 Å². The Morgan fingerprint density at radius 3 is 2.47 bits per heavy atom. The minimum absolute atomic E-state index is 0. The fraction of sp³-hybridized carbons (Fsp3) is 0.364. The van der Waals surface area contributed by atoms with Crippen molar-refractivity contribution >= 4 is 34.3 Å². The van der Waals surface area contributed by atoms with Gasteiger partial charge in [0.25, 0.3) is 0 Å². The summed E-state index contributed by atoms with van der Waals surface area (Å²) in [5, 5.41) is 9.44. The average Bonchev–Trinajstić information content (AvgIpc) is 2.28. The number of hydrogen-bond donors (Lipinski definition) is 2. The zero-order chi connectivity index (χ0) is 12.0. The van der Waals surface area contributed by atoms with Crippen molar-refractivity contribution in [3.8, 4) is 5.75 Å². The van der Waals surface area contributed by atoms with Crippen LogP contribution in [0, 0.1) is 0 Å². The highest BCUT2D eigenvalue weighted by molar-refractivity contribution is 9.09. The first-order valence-corrected chi connectivity index (χ1v) is 6.01. The molecule has 1 atom stereocenters. The number of carboxylic acid groups (broad SMARTS) is 1. The van der Waals surface area contributed by atoms with Crippen LogP contribution >= 0.6 is 28.3 Å². The first-order chi connectivity index (χ1) is 7.63. The molecule has 0 aliphatic carbocycles. The maximum atomic E-state index is 10.6. The zero-order valence-electron chi connectivity index (χ0n) is 9.14. The molecule has 3 N–H and O–H groups in total. The Morgan fingerprint density at radius 2 is 2.00 bits per heavy atom. The van der Waals surface area contributed by atoms with Crippen LogP contribution in [0.5, 0.6) is 5.75 Å². The summed E-state index contributed by atoms with van der Waals surface area (Å²) in [6.45, 7) is 0.605. The predicted octanol–water partition coefficient (Wildman–Crippen LogP) is 1.84. The van der Waals surface area contributed by atoms with E-state index < -0.39 is 12.0 Å². The normalized spacial score (nSPS) is 11.4. The van der Waals surface area contributed by atoms with Gasteiger partial charge in [-0.1, -0.05) is 28.1 Å². The van der Waals surface area contributed by atoms with Crippen LogP contribution in [0.25, 0.3) is 0 Å². The van der Waals surface area contributed by atoms with Crippen LogP contribution in [0.2, 0.25) is 0 Å². The second-order valence-electron chi connectivity index (χ2n) is 3.33. The molecule has 0 radical (unpaired) electrons. The van der Waals surface area contributed by atoms with E-state index in [2.05, 4.69) is 15.9 Å². The van der Waals surface area contributed by atoms with Crippen LogP contribution in [0.4, 0.5) is 0 Å². The summed E-state index contributed by atoms with van der Waals surface area (Å²) in [6.07, 6.45) is 0.327. The molecule has 17 heavy (non-hydrogen) atoms. The molecule has 1 rings (SSSR count). The van der Waals surface area contributed by atoms with Crippen molar-refractivity contribution in [2.75, 3.05) is 11.9 Å². The van der Waals surface area contributed by atoms with Gasteiger partial charge in [-0.05, 0) is 24.1 Å². The minimum atomic E-state index is -0.986. The van der Waals surface area contributed by atoms with Gasteiger partial charge in [-0.25, -0.2) is 0 Å². The van der Waals surface area contributed by atoms with Crippen LogP contribution in [0.15, 0.2) is 24.3 Å². The molecule has 0 aromatic heterocycles. The van der Waals surface area contributed by atoms with Gasteiger partial charge in [-0.3, -0.25) is 4.79 Å². The van der Waals surface area contributed by atoms with Crippen LogP contribution in [0.1, 0.15) is 5.56 Å². The SMILES string of the molecule is Cl.N[C@@H](Cc1ccc(OCCBr)cc1)C(=O)O. The largest absolute Gasteiger partial charge is 0.493 e. The number of aliphatic carboxylic acids is 1. The number of carbonyl (C=O) groups is 1. The van der Waals surface area contributed by atoms with Crippen LogP contribution in [0.3, 0.4) is 0 Å². The van der Waals surface area contributed by atoms with Crippen molar-refractivity contribution in [1.29, 1.82) is 0 Å². The summed E-state index contributed by atoms with van der Waals surface area (Å²) in [5.41, 5.74) is 6.32. The topological polar surface area (TPSA) is 72.5 Å². The van der Waals surface area contributed by atoms with E-state index in [1.54, 1.807) is 0 Å². The highest BCUT2D eigenvalue weighted by atomic mass is 79.9. The lowest BCUT2D eigenvalue weighted by atomic mass is 10.1. The molecule has 4 nitrogen and oxygen atoms in total. The molecule has 0 amide bonds. The van der Waals surface area contributed by atoms with E-state index in [9.17, 15) is 4.79 Å². The summed E-state index contributed by atoms with van der Waals surface area (Å²) in [6, 6.07) is 6.42. The summed E-state index contributed by atoms with van der Waals surface area (Å²) in [7, 11) is 0. The molecule has 0 spiro atoms. The molecule has 0 fully saturated rings. The van der Waals surface area contributed by atoms with Gasteiger partial charge in [0.1, 0.15) is 11.8 Å². The van der Waals surface area contributed by atoms with Crippen molar-refractivity contribution in [1.82, 2.24) is 0 Å². The molecule has 0 aliphatic rings. The van der Waals surface area contributed by atoms with Crippen LogP contribution in [-0.4, -0.2) is 29.1 Å². The van der Waals surface area contributed by atoms with Gasteiger partial charge >= 0.3 is 5.97 Å². The van der Waals surface area contributed by atoms with Gasteiger partial charge in [0.2, 0.25) is 0 Å². The number of ether oxygens (including phenoxy) is 1. The molecule has 0 unspecified atom stereocenters. The zero-order valence-corrected chi connectivity index (χ0v) is 11.5. The van der Waals surface area contributed by atoms with Crippen molar-refractivity contribution in [3.63, 3.8) is 0 Å². The fourth-order valence-electron chi connectivity index (χ4n) is 1.22. The first-order valence-electron chi connectivity index (χ1n) is 4.89. The Hall–Kier alpha value is -0.780. The Kier molecular flexibility index (Phi) is 7.95. The average molecular weight is 325 g/mol. The van der Waals surface area contributed by atoms with Gasteiger partial charge in [-0.15, -0.1) is 12.4 Å². The fourth-order valence-corrected chi connectivity index (χ4v) is 1.38. The quantitative estimate of drug-likeness (QED) is 0.783. The van der Waals surface area contributed by atoms with E-state index in [1.807, 2.05) is 24.3 Å². The number of alkyl halides is 1. The second kappa shape index (κ2) is 8.33. The first kappa shape index (κ1) is 16.2. The molecule has 0 aliphatic heterocycles. The Bertz CT molecular complexity index is 345. The van der Waals surface area contributed by atoms with Gasteiger partial charge in [0.05, 0.1) is 6.61 Å². The van der Waals surface area contributed by atoms with Crippen molar-refractivity contribution in [2.45, 2.75) is 12.5 Å². The molecule has 0 heterocycles. The summed E-state index contributed by atoms with van der Waals surface area (Å²) in [4.78, 5) is 10.6. The molecule has 0 bridgehead atoms. The Labute approximate surface area is 115 Å². The number of hydrogen-bond acceptors (Lipinski definition) is 3. The Morgan fingerprint density at radius 1 is 1.41 bits per heavy atom. The molecule has 0 saturated heterocycles. The van der Waals surface area contributed by atoms with E-state index in [0.717, 1.165) is 16.6 Å². The van der Waals surface area contributed by atoms with Crippen molar-refractivity contribution < 1.29 is 14.6 Å². The molecule has 0 saturated carbocycles. The third-order valence-corrected chi connectivity index (χ3v) is 2.37. The molecule has 1 aromatic carbocycles. The molecular formula is C11H15BrClNO3. The van der Waals surface area contributed by atoms with Crippen LogP contribution < -0.4 is 10.5 Å². The standard InChI is InChI=1S/C11H14BrNO3.ClH/c12-5-6-16-9-3-1-8(2-4-9)7-10(13)11(14)15;/h1-4,10H,5-7,13H2,(H,14,15);1H/t10-;/m0./s1. The monoisotopic (exact) mass is 323 g/mol. The maximum absolute atomic E-state index is 10.6. The number of halogens is 2. The smallest absolute Gasteiger partial charge is 0.320 e. The van der Waals surface area contributed by atoms with E-state index >= 15 is 0 Å². The number of carboxylic acids is 1. The highest BCUT2D eigenvalue weighted by Gasteiger charge is 2.11. The number of rotatable bonds is 6. The van der Waals surface area contributed by atoms with E-state index in [1.165, 1.54) is 0 Å². The van der Waals surface area contributed by atoms with Gasteiger partial charge in [0.15, 0.2) is 0 Å². The van der Waals surface area contributed by atoms with Gasteiger partial charge in [0, 0.05) is 5.33 Å². The maximum Gasteiger partial charge on any atom is 0.320 e. The second-order valence-corrected chi connectivity index (χ2v) is 4.12. The van der Waals surface area contributed by atoms with Gasteiger partial charge < -0.3 is 15.6 Å². The van der Waals surface area contributed by atoms with Gasteiger partial charge in [-0.2, -0.15) is 0 Å². The third kappa shape index (κ3) is 5.91.